The smallest absolute Gasteiger partial charge is 0.430 e. The molecule has 22 heavy (non-hydrogen) atoms. The van der Waals surface area contributed by atoms with E-state index in [2.05, 4.69) is 0 Å². The van der Waals surface area contributed by atoms with Crippen molar-refractivity contribution in [3.8, 4) is 5.75 Å². The molecule has 1 atom stereocenters. The highest BCUT2D eigenvalue weighted by Gasteiger charge is 2.48. The van der Waals surface area contributed by atoms with Gasteiger partial charge in [0, 0.05) is 11.0 Å². The molecule has 2 rings (SSSR count). The number of hydrogen-bond acceptors (Lipinski definition) is 3. The maximum Gasteiger partial charge on any atom is 0.430 e. The Labute approximate surface area is 124 Å². The first-order chi connectivity index (χ1) is 10.1. The molecule has 2 N–H and O–H groups in total. The number of rotatable bonds is 3. The average Bonchev–Trinajstić information content (AvgIpc) is 2.44. The lowest BCUT2D eigenvalue weighted by Gasteiger charge is -2.29. The Hall–Kier alpha value is -2.02. The predicted octanol–water partition coefficient (Wildman–Crippen LogP) is 2.75. The summed E-state index contributed by atoms with van der Waals surface area (Å²) in [5.74, 6) is -1.72. The Morgan fingerprint density at radius 3 is 2.45 bits per heavy atom. The molecule has 1 aliphatic heterocycles. The van der Waals surface area contributed by atoms with Crippen molar-refractivity contribution in [2.45, 2.75) is 31.5 Å². The monoisotopic (exact) mass is 316 g/mol. The van der Waals surface area contributed by atoms with E-state index in [1.54, 1.807) is 19.9 Å². The molecule has 0 fully saturated rings. The number of ether oxygens (including phenoxy) is 1. The molecule has 0 saturated carbocycles. The molecule has 0 saturated heterocycles. The summed E-state index contributed by atoms with van der Waals surface area (Å²) < 4.78 is 43.8. The third-order valence-corrected chi connectivity index (χ3v) is 3.57. The second-order valence-electron chi connectivity index (χ2n) is 5.74. The Morgan fingerprint density at radius 1 is 1.32 bits per heavy atom. The summed E-state index contributed by atoms with van der Waals surface area (Å²) >= 11 is 0. The third-order valence-electron chi connectivity index (χ3n) is 3.57. The van der Waals surface area contributed by atoms with Gasteiger partial charge in [-0.25, -0.2) is 4.79 Å². The Morgan fingerprint density at radius 2 is 1.95 bits per heavy atom. The number of benzene rings is 1. The molecule has 0 unspecified atom stereocenters. The third kappa shape index (κ3) is 2.94. The summed E-state index contributed by atoms with van der Waals surface area (Å²) in [6.07, 6.45) is -6.37. The molecule has 1 aromatic carbocycles. The van der Waals surface area contributed by atoms with Crippen LogP contribution in [0.25, 0.3) is 6.08 Å². The van der Waals surface area contributed by atoms with Crippen LogP contribution in [-0.2, 0) is 10.2 Å². The van der Waals surface area contributed by atoms with E-state index in [1.165, 1.54) is 12.1 Å². The molecule has 1 aromatic rings. The first-order valence-corrected chi connectivity index (χ1v) is 6.50. The van der Waals surface area contributed by atoms with E-state index in [-0.39, 0.29) is 17.9 Å². The Balaban J connectivity index is 2.52. The van der Waals surface area contributed by atoms with Crippen LogP contribution < -0.4 is 4.74 Å². The standard InChI is InChI=1S/C15H15F3O4/c1-14(2,7-19)9-4-3-8-5-10(13(20)21)12(15(16,17)18)22-11(8)6-9/h3-6,12,19H,7H2,1-2H3,(H,20,21)/t12-/m0/s1. The zero-order valence-corrected chi connectivity index (χ0v) is 11.9. The van der Waals surface area contributed by atoms with Gasteiger partial charge in [-0.3, -0.25) is 0 Å². The van der Waals surface area contributed by atoms with Gasteiger partial charge in [0.2, 0.25) is 6.10 Å². The van der Waals surface area contributed by atoms with Gasteiger partial charge in [-0.15, -0.1) is 0 Å². The van der Waals surface area contributed by atoms with E-state index in [9.17, 15) is 23.1 Å². The molecule has 4 nitrogen and oxygen atoms in total. The number of carboxylic acid groups (broad SMARTS) is 1. The molecule has 0 radical (unpaired) electrons. The van der Waals surface area contributed by atoms with Crippen LogP contribution in [0.1, 0.15) is 25.0 Å². The van der Waals surface area contributed by atoms with Crippen molar-refractivity contribution >= 4 is 12.0 Å². The van der Waals surface area contributed by atoms with Crippen molar-refractivity contribution in [1.29, 1.82) is 0 Å². The van der Waals surface area contributed by atoms with Gasteiger partial charge < -0.3 is 14.9 Å². The van der Waals surface area contributed by atoms with Crippen LogP contribution in [0, 0.1) is 0 Å². The van der Waals surface area contributed by atoms with Crippen LogP contribution in [0.4, 0.5) is 13.2 Å². The van der Waals surface area contributed by atoms with Crippen LogP contribution in [0.3, 0.4) is 0 Å². The average molecular weight is 316 g/mol. The predicted molar refractivity (Wildman–Crippen MR) is 72.6 cm³/mol. The van der Waals surface area contributed by atoms with E-state index in [4.69, 9.17) is 9.84 Å². The fourth-order valence-electron chi connectivity index (χ4n) is 2.12. The zero-order chi connectivity index (χ0) is 16.7. The number of fused-ring (bicyclic) bond motifs is 1. The summed E-state index contributed by atoms with van der Waals surface area (Å²) in [4.78, 5) is 11.0. The highest BCUT2D eigenvalue weighted by Crippen LogP contribution is 2.39. The minimum Gasteiger partial charge on any atom is -0.478 e. The zero-order valence-electron chi connectivity index (χ0n) is 11.9. The van der Waals surface area contributed by atoms with Gasteiger partial charge in [0.15, 0.2) is 0 Å². The summed E-state index contributed by atoms with van der Waals surface area (Å²) in [6.45, 7) is 3.28. The largest absolute Gasteiger partial charge is 0.478 e. The fraction of sp³-hybridized carbons (Fsp3) is 0.400. The first kappa shape index (κ1) is 16.4. The van der Waals surface area contributed by atoms with Crippen molar-refractivity contribution in [3.63, 3.8) is 0 Å². The lowest BCUT2D eigenvalue weighted by molar-refractivity contribution is -0.187. The van der Waals surface area contributed by atoms with Crippen LogP contribution in [0.2, 0.25) is 0 Å². The van der Waals surface area contributed by atoms with Gasteiger partial charge in [-0.1, -0.05) is 26.0 Å². The maximum atomic E-state index is 13.0. The van der Waals surface area contributed by atoms with Crippen molar-refractivity contribution < 1.29 is 32.9 Å². The second-order valence-corrected chi connectivity index (χ2v) is 5.74. The van der Waals surface area contributed by atoms with Crippen molar-refractivity contribution in [2.24, 2.45) is 0 Å². The summed E-state index contributed by atoms with van der Waals surface area (Å²) in [7, 11) is 0. The molecule has 0 bridgehead atoms. The SMILES string of the molecule is CC(C)(CO)c1ccc2c(c1)O[C@H](C(F)(F)F)C(C(=O)O)=C2. The highest BCUT2D eigenvalue weighted by atomic mass is 19.4. The molecule has 0 spiro atoms. The molecular weight excluding hydrogens is 301 g/mol. The number of aliphatic carboxylic acids is 1. The van der Waals surface area contributed by atoms with Gasteiger partial charge in [-0.2, -0.15) is 13.2 Å². The Bertz CT molecular complexity index is 632. The van der Waals surface area contributed by atoms with Crippen molar-refractivity contribution in [2.75, 3.05) is 6.61 Å². The quantitative estimate of drug-likeness (QED) is 0.900. The molecular formula is C15H15F3O4. The van der Waals surface area contributed by atoms with Gasteiger partial charge >= 0.3 is 12.1 Å². The molecule has 1 aliphatic rings. The number of alkyl halides is 3. The first-order valence-electron chi connectivity index (χ1n) is 6.50. The minimum atomic E-state index is -4.83. The van der Waals surface area contributed by atoms with Crippen LogP contribution in [0.5, 0.6) is 5.75 Å². The summed E-state index contributed by atoms with van der Waals surface area (Å²) in [5.41, 5.74) is -0.644. The van der Waals surface area contributed by atoms with E-state index in [0.717, 1.165) is 6.08 Å². The van der Waals surface area contributed by atoms with Gasteiger partial charge in [0.05, 0.1) is 12.2 Å². The van der Waals surface area contributed by atoms with E-state index in [1.807, 2.05) is 0 Å². The molecule has 0 aliphatic carbocycles. The van der Waals surface area contributed by atoms with Gasteiger partial charge in [0.25, 0.3) is 0 Å². The van der Waals surface area contributed by atoms with E-state index < -0.39 is 29.2 Å². The molecule has 7 heteroatoms. The summed E-state index contributed by atoms with van der Waals surface area (Å²) in [6, 6.07) is 4.51. The normalized spacial score (nSPS) is 18.3. The number of carbonyl (C=O) groups is 1. The van der Waals surface area contributed by atoms with Gasteiger partial charge in [-0.05, 0) is 17.7 Å². The lowest BCUT2D eigenvalue weighted by atomic mass is 9.84. The Kier molecular flexibility index (Phi) is 3.95. The van der Waals surface area contributed by atoms with Crippen molar-refractivity contribution in [1.82, 2.24) is 0 Å². The van der Waals surface area contributed by atoms with E-state index >= 15 is 0 Å². The van der Waals surface area contributed by atoms with Gasteiger partial charge in [0.1, 0.15) is 5.75 Å². The van der Waals surface area contributed by atoms with Crippen LogP contribution in [0.15, 0.2) is 23.8 Å². The number of halogens is 3. The second kappa shape index (κ2) is 5.31. The number of hydrogen-bond donors (Lipinski definition) is 2. The maximum absolute atomic E-state index is 13.0. The van der Waals surface area contributed by atoms with E-state index in [0.29, 0.717) is 5.56 Å². The summed E-state index contributed by atoms with van der Waals surface area (Å²) in [5, 5.41) is 18.3. The molecule has 1 heterocycles. The van der Waals surface area contributed by atoms with Crippen LogP contribution >= 0.6 is 0 Å². The number of aliphatic hydroxyl groups is 1. The lowest BCUT2D eigenvalue weighted by Crippen LogP contribution is -2.40. The number of carboxylic acids is 1. The highest BCUT2D eigenvalue weighted by molar-refractivity contribution is 5.95. The molecule has 0 amide bonds. The fourth-order valence-corrected chi connectivity index (χ4v) is 2.12. The van der Waals surface area contributed by atoms with Crippen LogP contribution in [-0.4, -0.2) is 35.1 Å². The topological polar surface area (TPSA) is 66.8 Å². The number of aliphatic hydroxyl groups excluding tert-OH is 1. The molecule has 120 valence electrons. The van der Waals surface area contributed by atoms with Crippen molar-refractivity contribution in [3.05, 3.63) is 34.9 Å². The minimum absolute atomic E-state index is 0.0497. The molecule has 0 aromatic heterocycles.